The minimum Gasteiger partial charge on any atom is -0.461 e. The molecule has 4 N–H and O–H groups in total. The fourth-order valence-electron chi connectivity index (χ4n) is 12.0. The highest BCUT2D eigenvalue weighted by Gasteiger charge is 2.80. The second kappa shape index (κ2) is 17.8. The van der Waals surface area contributed by atoms with Crippen molar-refractivity contribution in [2.24, 2.45) is 39.7 Å². The maximum Gasteiger partial charge on any atom is 0.408 e. The van der Waals surface area contributed by atoms with Gasteiger partial charge in [-0.1, -0.05) is 62.4 Å². The van der Waals surface area contributed by atoms with E-state index in [1.165, 1.54) is 21.1 Å². The van der Waals surface area contributed by atoms with Crippen LogP contribution in [0.5, 0.6) is 0 Å². The van der Waals surface area contributed by atoms with E-state index < -0.39 is 125 Å². The Bertz CT molecular complexity index is 2260. The van der Waals surface area contributed by atoms with Gasteiger partial charge in [0.2, 0.25) is 6.10 Å². The van der Waals surface area contributed by atoms with E-state index in [9.17, 15) is 29.1 Å². The predicted octanol–water partition coefficient (Wildman–Crippen LogP) is 5.33. The monoisotopic (exact) mass is 916 g/mol. The van der Waals surface area contributed by atoms with E-state index in [2.05, 4.69) is 5.32 Å². The zero-order valence-electron chi connectivity index (χ0n) is 39.4. The van der Waals surface area contributed by atoms with Gasteiger partial charge in [0.25, 0.3) is 0 Å². The molecule has 16 heteroatoms. The number of aliphatic hydroxyl groups is 1. The van der Waals surface area contributed by atoms with Crippen molar-refractivity contribution in [3.63, 3.8) is 0 Å². The van der Waals surface area contributed by atoms with Crippen molar-refractivity contribution in [1.29, 1.82) is 0 Å². The first-order valence-corrected chi connectivity index (χ1v) is 22.6. The van der Waals surface area contributed by atoms with E-state index in [-0.39, 0.29) is 23.0 Å². The molecule has 0 aromatic heterocycles. The summed E-state index contributed by atoms with van der Waals surface area (Å²) in [4.78, 5) is 85.1. The standard InChI is InChI=1S/C50H64N2O14/c1-26-32(63-44(57)39(64-34(54)25-51)37(28-17-13-11-14-18-28)52-45(58)66-46(3,4)5)24-50(59)42(65-43(56)29-19-15-12-16-20-29)36-41(62-27(2)53)49-22-30(31(49)23-49)21-33(60-9)48(36,8)40(55)38(61-10)35(26)47(50,6)7/h11-20,30-33,36-39,41-42,59H,21-25,51H2,1-10H3,(H,52,58)/t30-,31?,32+,33+,36+,37+,38-,39-,41?,42+,48-,49+,50-/m1/s1. The molecule has 0 aliphatic heterocycles. The van der Waals surface area contributed by atoms with Gasteiger partial charge >= 0.3 is 30.0 Å². The van der Waals surface area contributed by atoms with Crippen LogP contribution in [-0.2, 0) is 52.3 Å². The van der Waals surface area contributed by atoms with Gasteiger partial charge in [0.05, 0.1) is 29.5 Å². The number of benzene rings is 2. The molecule has 2 aromatic carbocycles. The third kappa shape index (κ3) is 8.32. The Morgan fingerprint density at radius 1 is 0.879 bits per heavy atom. The van der Waals surface area contributed by atoms with Gasteiger partial charge < -0.3 is 49.3 Å². The largest absolute Gasteiger partial charge is 0.461 e. The number of hydrogen-bond acceptors (Lipinski definition) is 15. The van der Waals surface area contributed by atoms with Gasteiger partial charge in [0.1, 0.15) is 41.7 Å². The van der Waals surface area contributed by atoms with Gasteiger partial charge in [0, 0.05) is 38.4 Å². The first-order valence-electron chi connectivity index (χ1n) is 22.6. The van der Waals surface area contributed by atoms with Crippen LogP contribution in [0.3, 0.4) is 0 Å². The van der Waals surface area contributed by atoms with Crippen molar-refractivity contribution in [1.82, 2.24) is 5.32 Å². The van der Waals surface area contributed by atoms with E-state index in [0.29, 0.717) is 30.4 Å². The molecule has 1 amide bonds. The normalized spacial score (nSPS) is 33.8. The summed E-state index contributed by atoms with van der Waals surface area (Å²) in [6.07, 6.45) is -7.63. The molecule has 0 heterocycles. The van der Waals surface area contributed by atoms with Gasteiger partial charge in [-0.2, -0.15) is 0 Å². The molecule has 13 atom stereocenters. The van der Waals surface area contributed by atoms with Crippen LogP contribution in [-0.4, -0.2) is 109 Å². The number of nitrogens with one attached hydrogen (secondary N) is 1. The topological polar surface area (TPSA) is 225 Å². The molecular weight excluding hydrogens is 853 g/mol. The van der Waals surface area contributed by atoms with Crippen molar-refractivity contribution in [2.45, 2.75) is 135 Å². The molecule has 16 nitrogen and oxygen atoms in total. The summed E-state index contributed by atoms with van der Waals surface area (Å²) in [5, 5.41) is 16.7. The number of hydrogen-bond donors (Lipinski definition) is 3. The summed E-state index contributed by atoms with van der Waals surface area (Å²) in [5.74, 6) is -4.95. The molecule has 0 radical (unpaired) electrons. The van der Waals surface area contributed by atoms with E-state index in [4.69, 9.17) is 38.9 Å². The van der Waals surface area contributed by atoms with Crippen LogP contribution < -0.4 is 11.1 Å². The Kier molecular flexibility index (Phi) is 13.2. The molecule has 6 aliphatic carbocycles. The Hall–Kier alpha value is -5.16. The lowest BCUT2D eigenvalue weighted by atomic mass is 9.46. The Balaban J connectivity index is 1.42. The smallest absolute Gasteiger partial charge is 0.408 e. The minimum absolute atomic E-state index is 0.133. The van der Waals surface area contributed by atoms with Gasteiger partial charge in [-0.15, -0.1) is 0 Å². The SMILES string of the molecule is CO[C@H]1C(=O)[C@]2(C)[C@@H](OC)C[C@@H]3C[C@@]4(CC34)C(OC(C)=O)[C@H]2[C@H](OC(=O)c2ccccc2)[C@]2(O)C[C@H](OC(=O)[C@H](OC(=O)CN)[C@@H](NC(=O)OC(C)(C)C)c3ccccc3)C(C)=C1C2(C)C. The molecule has 66 heavy (non-hydrogen) atoms. The average Bonchev–Trinajstić information content (AvgIpc) is 3.87. The molecule has 1 spiro atoms. The first-order chi connectivity index (χ1) is 31.0. The van der Waals surface area contributed by atoms with Gasteiger partial charge in [-0.05, 0) is 94.6 Å². The van der Waals surface area contributed by atoms with Crippen molar-refractivity contribution in [3.8, 4) is 0 Å². The number of methoxy groups -OCH3 is 2. The summed E-state index contributed by atoms with van der Waals surface area (Å²) in [6.45, 7) is 12.5. The number of carbonyl (C=O) groups excluding carboxylic acids is 6. The van der Waals surface area contributed by atoms with Gasteiger partial charge in [-0.25, -0.2) is 14.4 Å². The van der Waals surface area contributed by atoms with E-state index in [1.807, 2.05) is 0 Å². The van der Waals surface area contributed by atoms with Crippen LogP contribution >= 0.6 is 0 Å². The number of rotatable bonds is 12. The molecule has 0 saturated heterocycles. The van der Waals surface area contributed by atoms with Gasteiger partial charge in [0.15, 0.2) is 5.78 Å². The second-order valence-corrected chi connectivity index (χ2v) is 20.4. The quantitative estimate of drug-likeness (QED) is 0.139. The summed E-state index contributed by atoms with van der Waals surface area (Å²) in [6, 6.07) is 15.1. The number of amides is 1. The molecule has 8 rings (SSSR count). The maximum atomic E-state index is 15.9. The van der Waals surface area contributed by atoms with E-state index >= 15 is 4.79 Å². The molecule has 5 saturated carbocycles. The maximum absolute atomic E-state index is 15.9. The minimum atomic E-state index is -2.22. The molecule has 2 unspecified atom stereocenters. The third-order valence-corrected chi connectivity index (χ3v) is 15.3. The van der Waals surface area contributed by atoms with Crippen molar-refractivity contribution >= 4 is 35.8 Å². The Morgan fingerprint density at radius 3 is 2.08 bits per heavy atom. The summed E-state index contributed by atoms with van der Waals surface area (Å²) < 4.78 is 43.1. The Labute approximate surface area is 385 Å². The summed E-state index contributed by atoms with van der Waals surface area (Å²) in [5.41, 5.74) is -0.0284. The van der Waals surface area contributed by atoms with Gasteiger partial charge in [-0.3, -0.25) is 14.4 Å². The van der Waals surface area contributed by atoms with Crippen LogP contribution in [0.1, 0.15) is 103 Å². The molecule has 5 fully saturated rings. The number of Topliss-reactive ketones (excluding diaryl/α,β-unsaturated/α-hetero) is 1. The van der Waals surface area contributed by atoms with Crippen molar-refractivity contribution in [3.05, 3.63) is 82.9 Å². The third-order valence-electron chi connectivity index (χ3n) is 15.3. The number of carbonyl (C=O) groups is 6. The lowest BCUT2D eigenvalue weighted by Gasteiger charge is -2.63. The highest BCUT2D eigenvalue weighted by Crippen LogP contribution is 2.78. The van der Waals surface area contributed by atoms with Crippen LogP contribution in [0.2, 0.25) is 0 Å². The lowest BCUT2D eigenvalue weighted by Crippen LogP contribution is -2.74. The van der Waals surface area contributed by atoms with E-state index in [1.54, 1.807) is 109 Å². The summed E-state index contributed by atoms with van der Waals surface area (Å²) in [7, 11) is 2.89. The zero-order chi connectivity index (χ0) is 48.3. The van der Waals surface area contributed by atoms with Crippen molar-refractivity contribution in [2.75, 3.05) is 20.8 Å². The summed E-state index contributed by atoms with van der Waals surface area (Å²) >= 11 is 0. The number of fused-ring (bicyclic) bond motifs is 3. The molecule has 358 valence electrons. The molecule has 6 aliphatic rings. The van der Waals surface area contributed by atoms with Crippen LogP contribution in [0.25, 0.3) is 0 Å². The fraction of sp³-hybridized carbons (Fsp3) is 0.600. The zero-order valence-corrected chi connectivity index (χ0v) is 39.4. The molecule has 4 bridgehead atoms. The van der Waals surface area contributed by atoms with E-state index in [0.717, 1.165) is 0 Å². The predicted molar refractivity (Wildman–Crippen MR) is 236 cm³/mol. The number of alkyl carbamates (subject to hydrolysis) is 1. The lowest BCUT2D eigenvalue weighted by molar-refractivity contribution is -0.251. The second-order valence-electron chi connectivity index (χ2n) is 20.4. The van der Waals surface area contributed by atoms with Crippen LogP contribution in [0.4, 0.5) is 4.79 Å². The molecular formula is C50H64N2O14. The van der Waals surface area contributed by atoms with Crippen LogP contribution in [0, 0.1) is 34.0 Å². The highest BCUT2D eigenvalue weighted by atomic mass is 16.6. The first kappa shape index (κ1) is 48.8. The highest BCUT2D eigenvalue weighted by molar-refractivity contribution is 5.94. The fourth-order valence-corrected chi connectivity index (χ4v) is 12.0. The van der Waals surface area contributed by atoms with Crippen molar-refractivity contribution < 1.29 is 67.0 Å². The number of ketones is 1. The molecule has 2 aromatic rings. The number of ether oxygens (including phenoxy) is 7. The Morgan fingerprint density at radius 2 is 1.52 bits per heavy atom. The number of nitrogens with two attached hydrogens (primary N) is 1. The van der Waals surface area contributed by atoms with Crippen LogP contribution in [0.15, 0.2) is 71.8 Å². The number of esters is 4. The average molecular weight is 917 g/mol.